The molecule has 0 saturated carbocycles. The standard InChI is InChI=1S/C32H32N2/c1-5-15-27(16-6-1)19-13-25-33-31(29-21-9-3-10-22-29)32(30-23-11-4-12-24-30)34-26-14-20-28-17-7-2-8-18-28/h1-24,31-34H,25-26H2/b19-13+,20-14+/t31-,32-/m1/s1. The highest BCUT2D eigenvalue weighted by atomic mass is 15.0. The Hall–Kier alpha value is -3.72. The summed E-state index contributed by atoms with van der Waals surface area (Å²) in [6.45, 7) is 1.55. The predicted octanol–water partition coefficient (Wildman–Crippen LogP) is 7.08. The van der Waals surface area contributed by atoms with Gasteiger partial charge in [-0.15, -0.1) is 0 Å². The quantitative estimate of drug-likeness (QED) is 0.258. The van der Waals surface area contributed by atoms with Gasteiger partial charge in [0.25, 0.3) is 0 Å². The van der Waals surface area contributed by atoms with Crippen molar-refractivity contribution in [2.45, 2.75) is 12.1 Å². The molecule has 4 rings (SSSR count). The third kappa shape index (κ3) is 7.14. The largest absolute Gasteiger partial charge is 0.305 e. The Labute approximate surface area is 203 Å². The number of rotatable bonds is 11. The SMILES string of the molecule is C(=C\c1ccccc1)/CN[C@H](c1ccccc1)[C@H](NC/C=C/c1ccccc1)c1ccccc1. The lowest BCUT2D eigenvalue weighted by molar-refractivity contribution is 0.409. The number of benzene rings is 4. The average Bonchev–Trinajstić information content (AvgIpc) is 2.92. The van der Waals surface area contributed by atoms with Crippen LogP contribution in [0, 0.1) is 0 Å². The summed E-state index contributed by atoms with van der Waals surface area (Å²) in [6, 6.07) is 42.5. The van der Waals surface area contributed by atoms with Crippen LogP contribution in [0.25, 0.3) is 12.2 Å². The van der Waals surface area contributed by atoms with Gasteiger partial charge < -0.3 is 10.6 Å². The molecular formula is C32H32N2. The maximum absolute atomic E-state index is 3.79. The summed E-state index contributed by atoms with van der Waals surface area (Å²) in [5.41, 5.74) is 4.96. The van der Waals surface area contributed by atoms with Crippen LogP contribution in [0.3, 0.4) is 0 Å². The molecule has 0 bridgehead atoms. The molecule has 2 N–H and O–H groups in total. The summed E-state index contributed by atoms with van der Waals surface area (Å²) in [6.07, 6.45) is 8.73. The van der Waals surface area contributed by atoms with Crippen LogP contribution in [0.1, 0.15) is 34.3 Å². The van der Waals surface area contributed by atoms with Crippen molar-refractivity contribution in [1.82, 2.24) is 10.6 Å². The van der Waals surface area contributed by atoms with Crippen LogP contribution in [0.5, 0.6) is 0 Å². The molecular weight excluding hydrogens is 412 g/mol. The van der Waals surface area contributed by atoms with E-state index in [-0.39, 0.29) is 12.1 Å². The Morgan fingerprint density at radius 3 is 1.12 bits per heavy atom. The fourth-order valence-corrected chi connectivity index (χ4v) is 4.09. The number of nitrogens with one attached hydrogen (secondary N) is 2. The lowest BCUT2D eigenvalue weighted by atomic mass is 9.93. The lowest BCUT2D eigenvalue weighted by Crippen LogP contribution is -2.35. The van der Waals surface area contributed by atoms with Crippen LogP contribution < -0.4 is 10.6 Å². The van der Waals surface area contributed by atoms with E-state index in [2.05, 4.69) is 144 Å². The molecule has 4 aromatic rings. The zero-order chi connectivity index (χ0) is 23.3. The van der Waals surface area contributed by atoms with Crippen LogP contribution in [0.4, 0.5) is 0 Å². The van der Waals surface area contributed by atoms with Gasteiger partial charge in [0.15, 0.2) is 0 Å². The number of hydrogen-bond donors (Lipinski definition) is 2. The summed E-state index contributed by atoms with van der Waals surface area (Å²) in [4.78, 5) is 0. The molecule has 0 aliphatic rings. The molecule has 0 aromatic heterocycles. The second kappa shape index (κ2) is 13.1. The first-order chi connectivity index (χ1) is 16.9. The maximum Gasteiger partial charge on any atom is 0.0520 e. The third-order valence-electron chi connectivity index (χ3n) is 5.78. The van der Waals surface area contributed by atoms with Gasteiger partial charge in [-0.05, 0) is 22.3 Å². The number of hydrogen-bond acceptors (Lipinski definition) is 2. The van der Waals surface area contributed by atoms with Crippen molar-refractivity contribution in [3.8, 4) is 0 Å². The highest BCUT2D eigenvalue weighted by molar-refractivity contribution is 5.49. The molecule has 2 nitrogen and oxygen atoms in total. The van der Waals surface area contributed by atoms with Crippen molar-refractivity contribution in [3.05, 3.63) is 156 Å². The topological polar surface area (TPSA) is 24.1 Å². The minimum absolute atomic E-state index is 0.120. The van der Waals surface area contributed by atoms with Crippen molar-refractivity contribution in [3.63, 3.8) is 0 Å². The molecule has 4 aromatic carbocycles. The zero-order valence-corrected chi connectivity index (χ0v) is 19.4. The van der Waals surface area contributed by atoms with E-state index in [9.17, 15) is 0 Å². The molecule has 0 fully saturated rings. The molecule has 2 heteroatoms. The monoisotopic (exact) mass is 444 g/mol. The molecule has 0 amide bonds. The highest BCUT2D eigenvalue weighted by Gasteiger charge is 2.23. The summed E-state index contributed by atoms with van der Waals surface area (Å²) in [7, 11) is 0. The van der Waals surface area contributed by atoms with Gasteiger partial charge in [-0.3, -0.25) is 0 Å². The van der Waals surface area contributed by atoms with Crippen molar-refractivity contribution >= 4 is 12.2 Å². The smallest absolute Gasteiger partial charge is 0.0520 e. The van der Waals surface area contributed by atoms with Gasteiger partial charge in [-0.25, -0.2) is 0 Å². The van der Waals surface area contributed by atoms with Crippen LogP contribution in [-0.4, -0.2) is 13.1 Å². The van der Waals surface area contributed by atoms with Gasteiger partial charge in [-0.2, -0.15) is 0 Å². The molecule has 0 aliphatic carbocycles. The van der Waals surface area contributed by atoms with Gasteiger partial charge in [0.05, 0.1) is 12.1 Å². The summed E-state index contributed by atoms with van der Waals surface area (Å²) < 4.78 is 0. The first-order valence-corrected chi connectivity index (χ1v) is 11.9. The second-order valence-corrected chi connectivity index (χ2v) is 8.22. The fraction of sp³-hybridized carbons (Fsp3) is 0.125. The van der Waals surface area contributed by atoms with Crippen molar-refractivity contribution in [2.24, 2.45) is 0 Å². The van der Waals surface area contributed by atoms with Gasteiger partial charge in [-0.1, -0.05) is 146 Å². The van der Waals surface area contributed by atoms with Gasteiger partial charge in [0, 0.05) is 13.1 Å². The Balaban J connectivity index is 1.52. The van der Waals surface area contributed by atoms with Crippen LogP contribution in [-0.2, 0) is 0 Å². The van der Waals surface area contributed by atoms with Gasteiger partial charge in [0.1, 0.15) is 0 Å². The zero-order valence-electron chi connectivity index (χ0n) is 19.4. The van der Waals surface area contributed by atoms with E-state index in [0.29, 0.717) is 0 Å². The summed E-state index contributed by atoms with van der Waals surface area (Å²) in [5, 5.41) is 7.58. The predicted molar refractivity (Wildman–Crippen MR) is 145 cm³/mol. The third-order valence-corrected chi connectivity index (χ3v) is 5.78. The van der Waals surface area contributed by atoms with Crippen molar-refractivity contribution < 1.29 is 0 Å². The minimum atomic E-state index is 0.120. The van der Waals surface area contributed by atoms with E-state index < -0.39 is 0 Å². The average molecular weight is 445 g/mol. The molecule has 0 aliphatic heterocycles. The fourth-order valence-electron chi connectivity index (χ4n) is 4.09. The minimum Gasteiger partial charge on any atom is -0.305 e. The first-order valence-electron chi connectivity index (χ1n) is 11.9. The Morgan fingerprint density at radius 1 is 0.441 bits per heavy atom. The van der Waals surface area contributed by atoms with Crippen LogP contribution >= 0.6 is 0 Å². The molecule has 2 atom stereocenters. The normalized spacial score (nSPS) is 13.3. The Morgan fingerprint density at radius 2 is 0.765 bits per heavy atom. The summed E-state index contributed by atoms with van der Waals surface area (Å²) >= 11 is 0. The van der Waals surface area contributed by atoms with Gasteiger partial charge >= 0.3 is 0 Å². The van der Waals surface area contributed by atoms with E-state index in [1.807, 2.05) is 12.1 Å². The second-order valence-electron chi connectivity index (χ2n) is 8.22. The van der Waals surface area contributed by atoms with Crippen LogP contribution in [0.2, 0.25) is 0 Å². The molecule has 0 unspecified atom stereocenters. The van der Waals surface area contributed by atoms with Gasteiger partial charge in [0.2, 0.25) is 0 Å². The lowest BCUT2D eigenvalue weighted by Gasteiger charge is -2.29. The molecule has 170 valence electrons. The summed E-state index contributed by atoms with van der Waals surface area (Å²) in [5.74, 6) is 0. The Kier molecular flexibility index (Phi) is 9.03. The Bertz CT molecular complexity index is 1040. The van der Waals surface area contributed by atoms with E-state index in [4.69, 9.17) is 0 Å². The van der Waals surface area contributed by atoms with E-state index in [0.717, 1.165) is 13.1 Å². The van der Waals surface area contributed by atoms with Crippen molar-refractivity contribution in [1.29, 1.82) is 0 Å². The molecule has 0 heterocycles. The van der Waals surface area contributed by atoms with E-state index in [1.54, 1.807) is 0 Å². The first kappa shape index (κ1) is 23.4. The van der Waals surface area contributed by atoms with Crippen molar-refractivity contribution in [2.75, 3.05) is 13.1 Å². The molecule has 0 radical (unpaired) electrons. The van der Waals surface area contributed by atoms with Crippen LogP contribution in [0.15, 0.2) is 133 Å². The highest BCUT2D eigenvalue weighted by Crippen LogP contribution is 2.29. The molecule has 0 saturated heterocycles. The maximum atomic E-state index is 3.79. The molecule has 0 spiro atoms. The molecule has 34 heavy (non-hydrogen) atoms. The van der Waals surface area contributed by atoms with E-state index in [1.165, 1.54) is 22.3 Å². The van der Waals surface area contributed by atoms with E-state index >= 15 is 0 Å².